The van der Waals surface area contributed by atoms with Crippen molar-refractivity contribution >= 4 is 20.9 Å². The minimum absolute atomic E-state index is 0.0936. The molecule has 0 saturated heterocycles. The Morgan fingerprint density at radius 2 is 1.44 bits per heavy atom. The number of fused-ring (bicyclic) bond motifs is 1. The van der Waals surface area contributed by atoms with Gasteiger partial charge in [0.05, 0.1) is 24.6 Å². The number of methoxy groups -OCH3 is 2. The van der Waals surface area contributed by atoms with Crippen LogP contribution < -0.4 is 15.0 Å². The maximum atomic E-state index is 14.0. The summed E-state index contributed by atoms with van der Waals surface area (Å²) in [6.07, 6.45) is 0. The molecular weight excluding hydrogens is 476 g/mol. The van der Waals surface area contributed by atoms with Crippen LogP contribution in [0.2, 0.25) is 0 Å². The van der Waals surface area contributed by atoms with Gasteiger partial charge in [-0.15, -0.1) is 0 Å². The Labute approximate surface area is 211 Å². The van der Waals surface area contributed by atoms with Crippen LogP contribution in [0.15, 0.2) is 70.4 Å². The van der Waals surface area contributed by atoms with Crippen molar-refractivity contribution in [3.8, 4) is 11.5 Å². The van der Waals surface area contributed by atoms with E-state index in [-0.39, 0.29) is 23.5 Å². The van der Waals surface area contributed by atoms with Gasteiger partial charge in [0, 0.05) is 30.1 Å². The highest BCUT2D eigenvalue weighted by molar-refractivity contribution is 7.89. The number of pyridine rings is 1. The van der Waals surface area contributed by atoms with Gasteiger partial charge in [-0.1, -0.05) is 48.0 Å². The molecule has 0 aliphatic carbocycles. The Hall–Kier alpha value is -3.62. The average Bonchev–Trinajstić information content (AvgIpc) is 2.83. The number of aromatic nitrogens is 1. The second-order valence-corrected chi connectivity index (χ2v) is 10.8. The number of benzene rings is 3. The van der Waals surface area contributed by atoms with E-state index in [2.05, 4.69) is 4.98 Å². The summed E-state index contributed by atoms with van der Waals surface area (Å²) in [5.41, 5.74) is 3.71. The van der Waals surface area contributed by atoms with Crippen molar-refractivity contribution < 1.29 is 17.9 Å². The molecule has 0 saturated carbocycles. The second kappa shape index (κ2) is 10.2. The van der Waals surface area contributed by atoms with Gasteiger partial charge >= 0.3 is 0 Å². The first kappa shape index (κ1) is 25.5. The zero-order valence-electron chi connectivity index (χ0n) is 21.1. The van der Waals surface area contributed by atoms with Crippen molar-refractivity contribution in [2.45, 2.75) is 38.8 Å². The maximum absolute atomic E-state index is 14.0. The van der Waals surface area contributed by atoms with E-state index < -0.39 is 10.0 Å². The average molecular weight is 507 g/mol. The van der Waals surface area contributed by atoms with Crippen LogP contribution in [0.4, 0.5) is 0 Å². The van der Waals surface area contributed by atoms with E-state index in [4.69, 9.17) is 9.47 Å². The first-order valence-electron chi connectivity index (χ1n) is 11.5. The third kappa shape index (κ3) is 5.01. The number of nitrogens with one attached hydrogen (secondary N) is 1. The standard InChI is InChI=1S/C28H30N2O5S/c1-18-11-19(2)27(20(3)12-18)36(32,33)30(16-21-9-7-6-8-10-21)17-23-13-22-14-25(34-4)26(35-5)15-24(22)29-28(23)31/h6-15H,16-17H2,1-5H3,(H,29,31). The summed E-state index contributed by atoms with van der Waals surface area (Å²) < 4.78 is 40.2. The zero-order chi connectivity index (χ0) is 26.0. The number of H-pyrrole nitrogens is 1. The minimum atomic E-state index is -3.93. The van der Waals surface area contributed by atoms with Crippen LogP contribution in [-0.2, 0) is 23.1 Å². The van der Waals surface area contributed by atoms with Gasteiger partial charge in [0.15, 0.2) is 11.5 Å². The van der Waals surface area contributed by atoms with Crippen molar-refractivity contribution in [3.63, 3.8) is 0 Å². The molecule has 7 nitrogen and oxygen atoms in total. The highest BCUT2D eigenvalue weighted by atomic mass is 32.2. The molecule has 0 aliphatic heterocycles. The first-order valence-corrected chi connectivity index (χ1v) is 13.0. The Kier molecular flexibility index (Phi) is 7.19. The van der Waals surface area contributed by atoms with E-state index in [0.29, 0.717) is 39.1 Å². The highest BCUT2D eigenvalue weighted by Gasteiger charge is 2.29. The fourth-order valence-corrected chi connectivity index (χ4v) is 6.42. The van der Waals surface area contributed by atoms with E-state index in [1.165, 1.54) is 18.5 Å². The third-order valence-electron chi connectivity index (χ3n) is 6.18. The van der Waals surface area contributed by atoms with Crippen LogP contribution >= 0.6 is 0 Å². The summed E-state index contributed by atoms with van der Waals surface area (Å²) >= 11 is 0. The monoisotopic (exact) mass is 506 g/mol. The summed E-state index contributed by atoms with van der Waals surface area (Å²) in [7, 11) is -0.870. The van der Waals surface area contributed by atoms with Gasteiger partial charge < -0.3 is 14.5 Å². The van der Waals surface area contributed by atoms with Crippen molar-refractivity contribution in [1.29, 1.82) is 0 Å². The number of ether oxygens (including phenoxy) is 2. The highest BCUT2D eigenvalue weighted by Crippen LogP contribution is 2.32. The molecule has 36 heavy (non-hydrogen) atoms. The predicted octanol–water partition coefficient (Wildman–Crippen LogP) is 4.86. The van der Waals surface area contributed by atoms with Crippen molar-refractivity contribution in [2.75, 3.05) is 14.2 Å². The Morgan fingerprint density at radius 1 is 0.833 bits per heavy atom. The third-order valence-corrected chi connectivity index (χ3v) is 8.27. The normalized spacial score (nSPS) is 11.7. The molecule has 0 bridgehead atoms. The Balaban J connectivity index is 1.84. The Bertz CT molecular complexity index is 1550. The molecule has 4 rings (SSSR count). The summed E-state index contributed by atoms with van der Waals surface area (Å²) in [6.45, 7) is 5.57. The maximum Gasteiger partial charge on any atom is 0.252 e. The number of hydrogen-bond acceptors (Lipinski definition) is 5. The predicted molar refractivity (Wildman–Crippen MR) is 141 cm³/mol. The van der Waals surface area contributed by atoms with Gasteiger partial charge in [0.2, 0.25) is 10.0 Å². The summed E-state index contributed by atoms with van der Waals surface area (Å²) in [6, 6.07) is 18.3. The van der Waals surface area contributed by atoms with Crippen molar-refractivity contribution in [2.24, 2.45) is 0 Å². The molecular formula is C28H30N2O5S. The number of rotatable bonds is 8. The molecule has 0 atom stereocenters. The molecule has 8 heteroatoms. The van der Waals surface area contributed by atoms with Crippen LogP contribution in [0.1, 0.15) is 27.8 Å². The van der Waals surface area contributed by atoms with Gasteiger partial charge in [-0.05, 0) is 49.6 Å². The Morgan fingerprint density at radius 3 is 2.06 bits per heavy atom. The molecule has 188 valence electrons. The van der Waals surface area contributed by atoms with Crippen molar-refractivity contribution in [1.82, 2.24) is 9.29 Å². The quantitative estimate of drug-likeness (QED) is 0.369. The lowest BCUT2D eigenvalue weighted by Crippen LogP contribution is -2.33. The molecule has 0 unspecified atom stereocenters. The van der Waals surface area contributed by atoms with Gasteiger partial charge in [-0.2, -0.15) is 4.31 Å². The summed E-state index contributed by atoms with van der Waals surface area (Å²) in [5, 5.41) is 0.710. The smallest absolute Gasteiger partial charge is 0.252 e. The van der Waals surface area contributed by atoms with E-state index in [1.54, 1.807) is 32.0 Å². The zero-order valence-corrected chi connectivity index (χ0v) is 21.9. The lowest BCUT2D eigenvalue weighted by atomic mass is 10.1. The number of hydrogen-bond donors (Lipinski definition) is 1. The fraction of sp³-hybridized carbons (Fsp3) is 0.250. The first-order chi connectivity index (χ1) is 17.1. The van der Waals surface area contributed by atoms with E-state index in [0.717, 1.165) is 11.1 Å². The number of nitrogens with zero attached hydrogens (tertiary/aromatic N) is 1. The van der Waals surface area contributed by atoms with Crippen molar-refractivity contribution in [3.05, 3.63) is 98.8 Å². The molecule has 4 aromatic rings. The molecule has 0 aliphatic rings. The van der Waals surface area contributed by atoms with Crippen LogP contribution in [0, 0.1) is 20.8 Å². The van der Waals surface area contributed by atoms with Gasteiger partial charge in [0.1, 0.15) is 0 Å². The van der Waals surface area contributed by atoms with E-state index in [9.17, 15) is 13.2 Å². The van der Waals surface area contributed by atoms with E-state index in [1.807, 2.05) is 49.4 Å². The molecule has 1 aromatic heterocycles. The second-order valence-electron chi connectivity index (χ2n) is 8.90. The molecule has 0 spiro atoms. The number of aryl methyl sites for hydroxylation is 3. The molecule has 0 amide bonds. The van der Waals surface area contributed by atoms with Crippen LogP contribution in [0.5, 0.6) is 11.5 Å². The number of sulfonamides is 1. The molecule has 0 radical (unpaired) electrons. The largest absolute Gasteiger partial charge is 0.493 e. The van der Waals surface area contributed by atoms with Crippen LogP contribution in [-0.4, -0.2) is 31.9 Å². The SMILES string of the molecule is COc1cc2cc(CN(Cc3ccccc3)S(=O)(=O)c3c(C)cc(C)cc3C)c(=O)[nH]c2cc1OC. The van der Waals surface area contributed by atoms with Gasteiger partial charge in [-0.3, -0.25) is 4.79 Å². The lowest BCUT2D eigenvalue weighted by Gasteiger charge is -2.24. The van der Waals surface area contributed by atoms with Gasteiger partial charge in [-0.25, -0.2) is 8.42 Å². The molecule has 1 N–H and O–H groups in total. The van der Waals surface area contributed by atoms with Crippen LogP contribution in [0.25, 0.3) is 10.9 Å². The summed E-state index contributed by atoms with van der Waals surface area (Å²) in [4.78, 5) is 16.2. The van der Waals surface area contributed by atoms with Gasteiger partial charge in [0.25, 0.3) is 5.56 Å². The molecule has 1 heterocycles. The molecule has 3 aromatic carbocycles. The van der Waals surface area contributed by atoms with E-state index >= 15 is 0 Å². The molecule has 0 fully saturated rings. The fourth-order valence-electron chi connectivity index (χ4n) is 4.60. The lowest BCUT2D eigenvalue weighted by molar-refractivity contribution is 0.355. The summed E-state index contributed by atoms with van der Waals surface area (Å²) in [5.74, 6) is 1.01. The van der Waals surface area contributed by atoms with Crippen LogP contribution in [0.3, 0.4) is 0 Å². The number of aromatic amines is 1. The minimum Gasteiger partial charge on any atom is -0.493 e. The topological polar surface area (TPSA) is 88.7 Å².